The van der Waals surface area contributed by atoms with Crippen LogP contribution in [-0.2, 0) is 40.0 Å². The number of hydrogen-bond donors (Lipinski definition) is 2. The quantitative estimate of drug-likeness (QED) is 0.285. The Morgan fingerprint density at radius 3 is 2.47 bits per heavy atom. The molecule has 276 valence electrons. The zero-order valence-electron chi connectivity index (χ0n) is 28.6. The molecule has 0 radical (unpaired) electrons. The number of rotatable bonds is 11. The van der Waals surface area contributed by atoms with Crippen LogP contribution in [0.5, 0.6) is 5.75 Å². The Hall–Kier alpha value is -3.63. The van der Waals surface area contributed by atoms with Crippen molar-refractivity contribution in [3.63, 3.8) is 0 Å². The summed E-state index contributed by atoms with van der Waals surface area (Å²) in [5, 5.41) is 25.7. The van der Waals surface area contributed by atoms with Crippen LogP contribution in [0.15, 0.2) is 47.4 Å². The molecule has 1 aromatic heterocycles. The van der Waals surface area contributed by atoms with Crippen LogP contribution in [-0.4, -0.2) is 125 Å². The molecule has 2 N–H and O–H groups in total. The third-order valence-electron chi connectivity index (χ3n) is 9.92. The molecule has 0 bridgehead atoms. The number of amides is 2. The SMILES string of the molecule is COc1ccccc1C1CCN(CC(O)Cn2nc(-c3ccc(C(F)(F)F)c(SCC(=O)N4CCOCC4)c3)c3c2CCN(C(=O)CO)C3)CC1. The molecule has 1 atom stereocenters. The number of nitrogens with zero attached hydrogens (tertiary/aromatic N) is 5. The second-order valence-electron chi connectivity index (χ2n) is 13.1. The lowest BCUT2D eigenvalue weighted by Gasteiger charge is -2.34. The van der Waals surface area contributed by atoms with E-state index in [4.69, 9.17) is 14.6 Å². The van der Waals surface area contributed by atoms with Crippen molar-refractivity contribution in [3.05, 3.63) is 64.8 Å². The molecular formula is C36H44F3N5O6S. The lowest BCUT2D eigenvalue weighted by molar-refractivity contribution is -0.140. The molecule has 0 spiro atoms. The summed E-state index contributed by atoms with van der Waals surface area (Å²) in [5.41, 5.74) is 2.61. The minimum atomic E-state index is -4.64. The van der Waals surface area contributed by atoms with Crippen LogP contribution in [0.1, 0.15) is 41.1 Å². The van der Waals surface area contributed by atoms with Crippen LogP contribution in [0, 0.1) is 0 Å². The molecule has 1 unspecified atom stereocenters. The fraction of sp³-hybridized carbons (Fsp3) is 0.528. The van der Waals surface area contributed by atoms with E-state index in [1.807, 2.05) is 18.2 Å². The summed E-state index contributed by atoms with van der Waals surface area (Å²) in [6.07, 6.45) is -3.16. The first-order valence-electron chi connectivity index (χ1n) is 17.3. The van der Waals surface area contributed by atoms with Gasteiger partial charge in [0.05, 0.1) is 50.0 Å². The predicted octanol–water partition coefficient (Wildman–Crippen LogP) is 3.65. The number of piperidine rings is 1. The highest BCUT2D eigenvalue weighted by Gasteiger charge is 2.35. The zero-order valence-corrected chi connectivity index (χ0v) is 29.4. The Labute approximate surface area is 299 Å². The molecule has 3 aromatic rings. The smallest absolute Gasteiger partial charge is 0.417 e. The summed E-state index contributed by atoms with van der Waals surface area (Å²) in [5.74, 6) is 0.361. The number of aromatic nitrogens is 2. The number of halogens is 3. The number of β-amino-alcohol motifs (C(OH)–C–C–N with tert-alkyl or cyclic N) is 1. The van der Waals surface area contributed by atoms with E-state index in [9.17, 15) is 33.0 Å². The number of fused-ring (bicyclic) bond motifs is 1. The summed E-state index contributed by atoms with van der Waals surface area (Å²) in [4.78, 5) is 30.5. The van der Waals surface area contributed by atoms with E-state index in [1.54, 1.807) is 16.7 Å². The number of methoxy groups -OCH3 is 1. The molecule has 51 heavy (non-hydrogen) atoms. The van der Waals surface area contributed by atoms with Gasteiger partial charge in [0, 0.05) is 60.9 Å². The van der Waals surface area contributed by atoms with Crippen molar-refractivity contribution in [2.45, 2.75) is 55.4 Å². The second-order valence-corrected chi connectivity index (χ2v) is 14.2. The van der Waals surface area contributed by atoms with E-state index in [0.717, 1.165) is 55.2 Å². The Bertz CT molecular complexity index is 1690. The van der Waals surface area contributed by atoms with Crippen molar-refractivity contribution in [1.82, 2.24) is 24.5 Å². The molecule has 3 aliphatic heterocycles. The Morgan fingerprint density at radius 1 is 1.02 bits per heavy atom. The number of morpholine rings is 1. The highest BCUT2D eigenvalue weighted by molar-refractivity contribution is 8.00. The second kappa shape index (κ2) is 16.4. The number of carbonyl (C=O) groups is 2. The van der Waals surface area contributed by atoms with Crippen LogP contribution in [0.4, 0.5) is 13.2 Å². The van der Waals surface area contributed by atoms with Gasteiger partial charge in [0.1, 0.15) is 12.4 Å². The molecule has 4 heterocycles. The van der Waals surface area contributed by atoms with Crippen molar-refractivity contribution in [2.24, 2.45) is 0 Å². The van der Waals surface area contributed by atoms with Gasteiger partial charge in [-0.25, -0.2) is 0 Å². The van der Waals surface area contributed by atoms with Crippen molar-refractivity contribution >= 4 is 23.6 Å². The molecule has 15 heteroatoms. The van der Waals surface area contributed by atoms with Crippen LogP contribution < -0.4 is 4.74 Å². The number of carbonyl (C=O) groups excluding carboxylic acids is 2. The van der Waals surface area contributed by atoms with Crippen LogP contribution in [0.3, 0.4) is 0 Å². The molecule has 11 nitrogen and oxygen atoms in total. The van der Waals surface area contributed by atoms with Crippen molar-refractivity contribution in [3.8, 4) is 17.0 Å². The number of aliphatic hydroxyl groups excluding tert-OH is 2. The molecule has 0 aliphatic carbocycles. The van der Waals surface area contributed by atoms with Gasteiger partial charge in [-0.05, 0) is 55.6 Å². The summed E-state index contributed by atoms with van der Waals surface area (Å²) in [6.45, 7) is 3.56. The van der Waals surface area contributed by atoms with Gasteiger partial charge in [0.25, 0.3) is 0 Å². The van der Waals surface area contributed by atoms with Gasteiger partial charge >= 0.3 is 6.18 Å². The number of alkyl halides is 3. The normalized spacial score (nSPS) is 18.1. The average molecular weight is 732 g/mol. The maximum atomic E-state index is 14.1. The largest absolute Gasteiger partial charge is 0.496 e. The van der Waals surface area contributed by atoms with Crippen LogP contribution in [0.25, 0.3) is 11.3 Å². The topological polar surface area (TPSA) is 121 Å². The van der Waals surface area contributed by atoms with E-state index in [1.165, 1.54) is 22.6 Å². The van der Waals surface area contributed by atoms with E-state index in [-0.39, 0.29) is 29.6 Å². The van der Waals surface area contributed by atoms with Gasteiger partial charge in [0.15, 0.2) is 0 Å². The Balaban J connectivity index is 1.21. The van der Waals surface area contributed by atoms with Gasteiger partial charge in [-0.3, -0.25) is 14.3 Å². The van der Waals surface area contributed by atoms with Gasteiger partial charge in [0.2, 0.25) is 11.8 Å². The maximum Gasteiger partial charge on any atom is 0.417 e. The van der Waals surface area contributed by atoms with Crippen molar-refractivity contribution in [1.29, 1.82) is 0 Å². The predicted molar refractivity (Wildman–Crippen MR) is 184 cm³/mol. The number of ether oxygens (including phenoxy) is 2. The summed E-state index contributed by atoms with van der Waals surface area (Å²) < 4.78 is 55.0. The Morgan fingerprint density at radius 2 is 1.76 bits per heavy atom. The number of aliphatic hydroxyl groups is 2. The van der Waals surface area contributed by atoms with Crippen LogP contribution in [0.2, 0.25) is 0 Å². The highest BCUT2D eigenvalue weighted by Crippen LogP contribution is 2.40. The molecule has 2 saturated heterocycles. The van der Waals surface area contributed by atoms with E-state index in [0.29, 0.717) is 68.6 Å². The number of para-hydroxylation sites is 1. The summed E-state index contributed by atoms with van der Waals surface area (Å²) in [6, 6.07) is 11.8. The minimum absolute atomic E-state index is 0.0967. The fourth-order valence-electron chi connectivity index (χ4n) is 7.24. The molecule has 3 aliphatic rings. The van der Waals surface area contributed by atoms with Crippen molar-refractivity contribution < 1.29 is 42.4 Å². The number of likely N-dealkylation sites (tertiary alicyclic amines) is 1. The van der Waals surface area contributed by atoms with Gasteiger partial charge < -0.3 is 34.4 Å². The molecule has 2 amide bonds. The van der Waals surface area contributed by atoms with Gasteiger partial charge in [-0.1, -0.05) is 24.3 Å². The van der Waals surface area contributed by atoms with Gasteiger partial charge in [-0.15, -0.1) is 11.8 Å². The maximum absolute atomic E-state index is 14.1. The molecular weight excluding hydrogens is 687 g/mol. The lowest BCUT2D eigenvalue weighted by Crippen LogP contribution is -2.41. The monoisotopic (exact) mass is 731 g/mol. The Kier molecular flexibility index (Phi) is 11.9. The summed E-state index contributed by atoms with van der Waals surface area (Å²) in [7, 11) is 1.68. The van der Waals surface area contributed by atoms with Crippen molar-refractivity contribution in [2.75, 3.05) is 72.0 Å². The van der Waals surface area contributed by atoms with E-state index in [2.05, 4.69) is 11.0 Å². The lowest BCUT2D eigenvalue weighted by atomic mass is 9.88. The first-order valence-corrected chi connectivity index (χ1v) is 18.2. The minimum Gasteiger partial charge on any atom is -0.496 e. The fourth-order valence-corrected chi connectivity index (χ4v) is 8.25. The first kappa shape index (κ1) is 37.1. The van der Waals surface area contributed by atoms with Crippen LogP contribution >= 0.6 is 11.8 Å². The standard InChI is InChI=1S/C36H44F3N5O6S/c1-49-31-5-3-2-4-27(31)24-8-11-41(12-9-24)19-26(46)20-44-30-10-13-43(33(47)22-45)21-28(30)35(40-44)25-6-7-29(36(37,38)39)32(18-25)51-23-34(48)42-14-16-50-17-15-42/h2-7,18,24,26,45-46H,8-17,19-23H2,1H3. The van der Waals surface area contributed by atoms with E-state index >= 15 is 0 Å². The van der Waals surface area contributed by atoms with E-state index < -0.39 is 30.4 Å². The third-order valence-corrected chi connectivity index (χ3v) is 11.0. The molecule has 0 saturated carbocycles. The molecule has 2 aromatic carbocycles. The number of hydrogen-bond acceptors (Lipinski definition) is 9. The number of benzene rings is 2. The highest BCUT2D eigenvalue weighted by atomic mass is 32.2. The zero-order chi connectivity index (χ0) is 36.1. The number of thioether (sulfide) groups is 1. The third kappa shape index (κ3) is 8.71. The molecule has 6 rings (SSSR count). The average Bonchev–Trinajstić information content (AvgIpc) is 3.50. The van der Waals surface area contributed by atoms with Gasteiger partial charge in [-0.2, -0.15) is 18.3 Å². The first-order chi connectivity index (χ1) is 24.5. The molecule has 2 fully saturated rings. The summed E-state index contributed by atoms with van der Waals surface area (Å²) >= 11 is 0.832.